The van der Waals surface area contributed by atoms with Crippen LogP contribution in [0.2, 0.25) is 5.02 Å². The maximum atomic E-state index is 9.13. The van der Waals surface area contributed by atoms with Crippen LogP contribution in [-0.4, -0.2) is 18.8 Å². The molecule has 0 aromatic heterocycles. The van der Waals surface area contributed by atoms with Crippen molar-refractivity contribution >= 4 is 11.6 Å². The molecule has 1 aromatic rings. The average Bonchev–Trinajstić information content (AvgIpc) is 3.10. The molecule has 0 heterocycles. The summed E-state index contributed by atoms with van der Waals surface area (Å²) in [5, 5.41) is 9.87. The molecular formula is C13H17ClO2. The van der Waals surface area contributed by atoms with Gasteiger partial charge >= 0.3 is 0 Å². The summed E-state index contributed by atoms with van der Waals surface area (Å²) >= 11 is 6.03. The van der Waals surface area contributed by atoms with Gasteiger partial charge in [-0.15, -0.1) is 0 Å². The molecule has 1 N–H and O–H groups in total. The van der Waals surface area contributed by atoms with Gasteiger partial charge < -0.3 is 9.84 Å². The summed E-state index contributed by atoms with van der Waals surface area (Å²) in [6.07, 6.45) is 3.29. The molecule has 1 unspecified atom stereocenters. The van der Waals surface area contributed by atoms with E-state index in [1.807, 2.05) is 18.2 Å². The average molecular weight is 241 g/mol. The lowest BCUT2D eigenvalue weighted by Crippen LogP contribution is -2.06. The zero-order valence-corrected chi connectivity index (χ0v) is 10.2. The molecule has 16 heavy (non-hydrogen) atoms. The number of aliphatic hydroxyl groups is 1. The molecule has 2 rings (SSSR count). The molecule has 1 aliphatic carbocycles. The van der Waals surface area contributed by atoms with Crippen LogP contribution >= 0.6 is 11.6 Å². The largest absolute Gasteiger partial charge is 0.496 e. The van der Waals surface area contributed by atoms with Crippen LogP contribution in [0.15, 0.2) is 18.2 Å². The number of ether oxygens (including phenoxy) is 1. The van der Waals surface area contributed by atoms with Crippen LogP contribution in [0.25, 0.3) is 0 Å². The molecule has 1 fully saturated rings. The summed E-state index contributed by atoms with van der Waals surface area (Å²) in [5.74, 6) is 1.97. The van der Waals surface area contributed by atoms with Gasteiger partial charge in [0, 0.05) is 11.6 Å². The van der Waals surface area contributed by atoms with Crippen molar-refractivity contribution in [3.8, 4) is 5.75 Å². The van der Waals surface area contributed by atoms with Crippen molar-refractivity contribution in [2.75, 3.05) is 13.7 Å². The van der Waals surface area contributed by atoms with Crippen molar-refractivity contribution in [1.29, 1.82) is 0 Å². The quantitative estimate of drug-likeness (QED) is 0.856. The van der Waals surface area contributed by atoms with Gasteiger partial charge in [0.25, 0.3) is 0 Å². The van der Waals surface area contributed by atoms with E-state index in [1.54, 1.807) is 7.11 Å². The van der Waals surface area contributed by atoms with Crippen LogP contribution in [0, 0.1) is 5.92 Å². The maximum Gasteiger partial charge on any atom is 0.122 e. The second kappa shape index (κ2) is 5.07. The molecule has 0 amide bonds. The summed E-state index contributed by atoms with van der Waals surface area (Å²) in [6.45, 7) is 0.219. The Bertz CT molecular complexity index is 361. The SMILES string of the molecule is COc1ccc(Cl)cc1C(CCO)C1CC1. The summed E-state index contributed by atoms with van der Waals surface area (Å²) in [6, 6.07) is 5.72. The van der Waals surface area contributed by atoms with E-state index in [0.29, 0.717) is 11.8 Å². The first-order valence-corrected chi connectivity index (χ1v) is 6.08. The monoisotopic (exact) mass is 240 g/mol. The molecule has 1 aliphatic rings. The van der Waals surface area contributed by atoms with E-state index < -0.39 is 0 Å². The number of benzene rings is 1. The number of hydrogen-bond acceptors (Lipinski definition) is 2. The van der Waals surface area contributed by atoms with Gasteiger partial charge in [0.15, 0.2) is 0 Å². The standard InChI is InChI=1S/C13H17ClO2/c1-16-13-5-4-10(14)8-12(13)11(6-7-15)9-2-3-9/h4-5,8-9,11,15H,2-3,6-7H2,1H3. The minimum Gasteiger partial charge on any atom is -0.496 e. The fourth-order valence-electron chi connectivity index (χ4n) is 2.28. The minimum absolute atomic E-state index is 0.219. The topological polar surface area (TPSA) is 29.5 Å². The lowest BCUT2D eigenvalue weighted by molar-refractivity contribution is 0.268. The predicted molar refractivity (Wildman–Crippen MR) is 65.2 cm³/mol. The highest BCUT2D eigenvalue weighted by atomic mass is 35.5. The molecule has 0 saturated heterocycles. The van der Waals surface area contributed by atoms with Gasteiger partial charge in [-0.2, -0.15) is 0 Å². The maximum absolute atomic E-state index is 9.13. The molecule has 0 bridgehead atoms. The highest BCUT2D eigenvalue weighted by molar-refractivity contribution is 6.30. The summed E-state index contributed by atoms with van der Waals surface area (Å²) in [5.41, 5.74) is 1.14. The first-order chi connectivity index (χ1) is 7.76. The van der Waals surface area contributed by atoms with E-state index in [4.69, 9.17) is 21.4 Å². The van der Waals surface area contributed by atoms with Crippen LogP contribution in [0.4, 0.5) is 0 Å². The van der Waals surface area contributed by atoms with Crippen molar-refractivity contribution in [3.63, 3.8) is 0 Å². The molecule has 0 radical (unpaired) electrons. The second-order valence-corrected chi connectivity index (χ2v) is 4.78. The Labute approximate surface area is 101 Å². The van der Waals surface area contributed by atoms with E-state index in [9.17, 15) is 0 Å². The van der Waals surface area contributed by atoms with Crippen LogP contribution in [0.3, 0.4) is 0 Å². The third kappa shape index (κ3) is 2.50. The first kappa shape index (κ1) is 11.7. The molecule has 1 atom stereocenters. The summed E-state index contributed by atoms with van der Waals surface area (Å²) in [4.78, 5) is 0. The van der Waals surface area contributed by atoms with Crippen LogP contribution in [0.1, 0.15) is 30.7 Å². The lowest BCUT2D eigenvalue weighted by Gasteiger charge is -2.18. The van der Waals surface area contributed by atoms with E-state index in [0.717, 1.165) is 22.8 Å². The summed E-state index contributed by atoms with van der Waals surface area (Å²) in [7, 11) is 1.68. The summed E-state index contributed by atoms with van der Waals surface area (Å²) < 4.78 is 5.37. The Kier molecular flexibility index (Phi) is 3.72. The molecular weight excluding hydrogens is 224 g/mol. The number of halogens is 1. The highest BCUT2D eigenvalue weighted by Crippen LogP contribution is 2.47. The van der Waals surface area contributed by atoms with Crippen molar-refractivity contribution < 1.29 is 9.84 Å². The molecule has 0 spiro atoms. The third-order valence-electron chi connectivity index (χ3n) is 3.22. The van der Waals surface area contributed by atoms with Crippen molar-refractivity contribution in [3.05, 3.63) is 28.8 Å². The van der Waals surface area contributed by atoms with Crippen LogP contribution in [-0.2, 0) is 0 Å². The van der Waals surface area contributed by atoms with Crippen molar-refractivity contribution in [2.45, 2.75) is 25.2 Å². The number of hydrogen-bond donors (Lipinski definition) is 1. The molecule has 1 saturated carbocycles. The molecule has 88 valence electrons. The first-order valence-electron chi connectivity index (χ1n) is 5.70. The predicted octanol–water partition coefficient (Wildman–Crippen LogP) is 3.22. The van der Waals surface area contributed by atoms with Gasteiger partial charge in [0.1, 0.15) is 5.75 Å². The smallest absolute Gasteiger partial charge is 0.122 e. The Hall–Kier alpha value is -0.730. The molecule has 2 nitrogen and oxygen atoms in total. The van der Waals surface area contributed by atoms with E-state index in [1.165, 1.54) is 12.8 Å². The van der Waals surface area contributed by atoms with Crippen LogP contribution in [0.5, 0.6) is 5.75 Å². The Balaban J connectivity index is 2.30. The second-order valence-electron chi connectivity index (χ2n) is 4.34. The zero-order valence-electron chi connectivity index (χ0n) is 9.45. The molecule has 0 aliphatic heterocycles. The number of rotatable bonds is 5. The molecule has 3 heteroatoms. The third-order valence-corrected chi connectivity index (χ3v) is 3.46. The van der Waals surface area contributed by atoms with E-state index in [-0.39, 0.29) is 6.61 Å². The van der Waals surface area contributed by atoms with Crippen molar-refractivity contribution in [2.24, 2.45) is 5.92 Å². The fraction of sp³-hybridized carbons (Fsp3) is 0.538. The Morgan fingerprint density at radius 1 is 1.50 bits per heavy atom. The Morgan fingerprint density at radius 3 is 2.81 bits per heavy atom. The molecule has 1 aromatic carbocycles. The van der Waals surface area contributed by atoms with E-state index in [2.05, 4.69) is 0 Å². The number of methoxy groups -OCH3 is 1. The zero-order chi connectivity index (χ0) is 11.5. The van der Waals surface area contributed by atoms with Gasteiger partial charge in [0.2, 0.25) is 0 Å². The van der Waals surface area contributed by atoms with Crippen LogP contribution < -0.4 is 4.74 Å². The van der Waals surface area contributed by atoms with Crippen molar-refractivity contribution in [1.82, 2.24) is 0 Å². The van der Waals surface area contributed by atoms with Gasteiger partial charge in [-0.25, -0.2) is 0 Å². The number of aliphatic hydroxyl groups excluding tert-OH is 1. The normalized spacial score (nSPS) is 17.2. The Morgan fingerprint density at radius 2 is 2.25 bits per heavy atom. The van der Waals surface area contributed by atoms with Gasteiger partial charge in [-0.3, -0.25) is 0 Å². The van der Waals surface area contributed by atoms with E-state index >= 15 is 0 Å². The van der Waals surface area contributed by atoms with Gasteiger partial charge in [-0.1, -0.05) is 11.6 Å². The lowest BCUT2D eigenvalue weighted by atomic mass is 9.90. The minimum atomic E-state index is 0.219. The fourth-order valence-corrected chi connectivity index (χ4v) is 2.46. The van der Waals surface area contributed by atoms with Gasteiger partial charge in [-0.05, 0) is 54.9 Å². The van der Waals surface area contributed by atoms with Gasteiger partial charge in [0.05, 0.1) is 7.11 Å². The highest BCUT2D eigenvalue weighted by Gasteiger charge is 2.33.